The lowest BCUT2D eigenvalue weighted by molar-refractivity contribution is -0.385. The average Bonchev–Trinajstić information content (AvgIpc) is 2.82. The predicted octanol–water partition coefficient (Wildman–Crippen LogP) is 4.63. The van der Waals surface area contributed by atoms with Crippen LogP contribution in [0.3, 0.4) is 0 Å². The van der Waals surface area contributed by atoms with Gasteiger partial charge in [0.15, 0.2) is 0 Å². The van der Waals surface area contributed by atoms with E-state index in [0.717, 1.165) is 0 Å². The molecular formula is C23H16N4O6. The third kappa shape index (κ3) is 6.22. The number of nitro groups is 2. The average molecular weight is 444 g/mol. The molecule has 0 aliphatic rings. The summed E-state index contributed by atoms with van der Waals surface area (Å²) in [6, 6.07) is 19.9. The number of nitriles is 1. The number of carbonyl (C=O) groups excluding carboxylic acids is 1. The van der Waals surface area contributed by atoms with E-state index in [1.807, 2.05) is 6.07 Å². The number of non-ortho nitro benzene ring substituents is 2. The lowest BCUT2D eigenvalue weighted by atomic mass is 10.1. The molecule has 0 bridgehead atoms. The first-order valence-corrected chi connectivity index (χ1v) is 9.49. The molecule has 0 aromatic heterocycles. The second-order valence-electron chi connectivity index (χ2n) is 6.72. The summed E-state index contributed by atoms with van der Waals surface area (Å²) in [6.07, 6.45) is 1.37. The maximum absolute atomic E-state index is 12.4. The molecule has 0 spiro atoms. The Kier molecular flexibility index (Phi) is 7.08. The van der Waals surface area contributed by atoms with Crippen molar-refractivity contribution in [3.63, 3.8) is 0 Å². The Morgan fingerprint density at radius 2 is 1.61 bits per heavy atom. The van der Waals surface area contributed by atoms with E-state index in [9.17, 15) is 30.3 Å². The number of benzene rings is 3. The molecule has 1 N–H and O–H groups in total. The quantitative estimate of drug-likeness (QED) is 0.230. The summed E-state index contributed by atoms with van der Waals surface area (Å²) >= 11 is 0. The summed E-state index contributed by atoms with van der Waals surface area (Å²) in [6.45, 7) is 0.131. The molecule has 3 aromatic rings. The van der Waals surface area contributed by atoms with E-state index >= 15 is 0 Å². The Balaban J connectivity index is 1.65. The van der Waals surface area contributed by atoms with Crippen LogP contribution in [-0.4, -0.2) is 15.8 Å². The number of amides is 1. The number of nitro benzene ring substituents is 2. The zero-order chi connectivity index (χ0) is 23.8. The molecule has 10 heteroatoms. The third-order valence-electron chi connectivity index (χ3n) is 4.40. The van der Waals surface area contributed by atoms with Crippen molar-refractivity contribution in [3.05, 3.63) is 110 Å². The molecular weight excluding hydrogens is 428 g/mol. The van der Waals surface area contributed by atoms with Gasteiger partial charge in [-0.2, -0.15) is 5.26 Å². The van der Waals surface area contributed by atoms with E-state index in [-0.39, 0.29) is 29.2 Å². The van der Waals surface area contributed by atoms with E-state index in [1.54, 1.807) is 36.4 Å². The maximum Gasteiger partial charge on any atom is 0.271 e. The molecule has 1 amide bonds. The second-order valence-corrected chi connectivity index (χ2v) is 6.72. The van der Waals surface area contributed by atoms with Crippen molar-refractivity contribution < 1.29 is 19.4 Å². The Morgan fingerprint density at radius 3 is 2.24 bits per heavy atom. The van der Waals surface area contributed by atoms with Gasteiger partial charge in [-0.05, 0) is 35.4 Å². The topological polar surface area (TPSA) is 148 Å². The molecule has 0 aliphatic heterocycles. The maximum atomic E-state index is 12.4. The van der Waals surface area contributed by atoms with Gasteiger partial charge in [0.1, 0.15) is 24.0 Å². The van der Waals surface area contributed by atoms with Crippen LogP contribution in [-0.2, 0) is 11.4 Å². The largest absolute Gasteiger partial charge is 0.489 e. The molecule has 0 saturated carbocycles. The molecule has 0 aliphatic carbocycles. The second kappa shape index (κ2) is 10.3. The first-order chi connectivity index (χ1) is 15.9. The van der Waals surface area contributed by atoms with Crippen LogP contribution in [0.1, 0.15) is 11.1 Å². The zero-order valence-electron chi connectivity index (χ0n) is 17.0. The van der Waals surface area contributed by atoms with Crippen molar-refractivity contribution in [2.75, 3.05) is 5.32 Å². The van der Waals surface area contributed by atoms with Crippen molar-refractivity contribution in [1.82, 2.24) is 0 Å². The highest BCUT2D eigenvalue weighted by atomic mass is 16.6. The number of anilines is 1. The van der Waals surface area contributed by atoms with Gasteiger partial charge in [-0.3, -0.25) is 25.0 Å². The van der Waals surface area contributed by atoms with Crippen molar-refractivity contribution in [2.45, 2.75) is 6.61 Å². The Hall–Kier alpha value is -5.04. The van der Waals surface area contributed by atoms with Crippen LogP contribution in [0.2, 0.25) is 0 Å². The van der Waals surface area contributed by atoms with Crippen LogP contribution in [0.25, 0.3) is 6.08 Å². The fourth-order valence-electron chi connectivity index (χ4n) is 2.80. The van der Waals surface area contributed by atoms with Crippen molar-refractivity contribution in [1.29, 1.82) is 5.26 Å². The molecule has 3 rings (SSSR count). The molecule has 0 fully saturated rings. The lowest BCUT2D eigenvalue weighted by Crippen LogP contribution is -2.13. The van der Waals surface area contributed by atoms with Crippen LogP contribution in [0.15, 0.2) is 78.4 Å². The van der Waals surface area contributed by atoms with Gasteiger partial charge in [0.2, 0.25) is 0 Å². The highest BCUT2D eigenvalue weighted by Crippen LogP contribution is 2.20. The summed E-state index contributed by atoms with van der Waals surface area (Å²) in [7, 11) is 0. The van der Waals surface area contributed by atoms with Crippen LogP contribution >= 0.6 is 0 Å². The number of carbonyl (C=O) groups is 1. The molecule has 164 valence electrons. The standard InChI is InChI=1S/C23H16N4O6/c24-14-18(23(28)25-19-4-2-6-21(13-19)27(31)32)11-16-7-9-22(10-8-16)33-15-17-3-1-5-20(12-17)26(29)30/h1-13H,15H2,(H,25,28)/b18-11+. The molecule has 0 unspecified atom stereocenters. The molecule has 0 atom stereocenters. The Bertz CT molecular complexity index is 1280. The highest BCUT2D eigenvalue weighted by Gasteiger charge is 2.12. The SMILES string of the molecule is N#C/C(=C\c1ccc(OCc2cccc([N+](=O)[O-])c2)cc1)C(=O)Nc1cccc([N+](=O)[O-])c1. The predicted molar refractivity (Wildman–Crippen MR) is 119 cm³/mol. The van der Waals surface area contributed by atoms with Crippen LogP contribution in [0.4, 0.5) is 17.1 Å². The van der Waals surface area contributed by atoms with Crippen molar-refractivity contribution in [3.8, 4) is 11.8 Å². The fraction of sp³-hybridized carbons (Fsp3) is 0.0435. The minimum Gasteiger partial charge on any atom is -0.489 e. The van der Waals surface area contributed by atoms with Crippen LogP contribution in [0.5, 0.6) is 5.75 Å². The summed E-state index contributed by atoms with van der Waals surface area (Å²) in [5, 5.41) is 33.5. The van der Waals surface area contributed by atoms with Gasteiger partial charge in [0.05, 0.1) is 9.85 Å². The molecule has 0 saturated heterocycles. The molecule has 3 aromatic carbocycles. The van der Waals surface area contributed by atoms with Gasteiger partial charge in [-0.15, -0.1) is 0 Å². The van der Waals surface area contributed by atoms with E-state index in [2.05, 4.69) is 5.32 Å². The van der Waals surface area contributed by atoms with Gasteiger partial charge >= 0.3 is 0 Å². The number of hydrogen-bond donors (Lipinski definition) is 1. The number of rotatable bonds is 8. The van der Waals surface area contributed by atoms with Crippen molar-refractivity contribution in [2.24, 2.45) is 0 Å². The zero-order valence-corrected chi connectivity index (χ0v) is 17.0. The highest BCUT2D eigenvalue weighted by molar-refractivity contribution is 6.09. The molecule has 0 heterocycles. The van der Waals surface area contributed by atoms with Gasteiger partial charge in [0, 0.05) is 30.0 Å². The van der Waals surface area contributed by atoms with Gasteiger partial charge < -0.3 is 10.1 Å². The van der Waals surface area contributed by atoms with Gasteiger partial charge in [-0.25, -0.2) is 0 Å². The molecule has 33 heavy (non-hydrogen) atoms. The fourth-order valence-corrected chi connectivity index (χ4v) is 2.80. The van der Waals surface area contributed by atoms with E-state index in [4.69, 9.17) is 4.74 Å². The number of nitrogens with one attached hydrogen (secondary N) is 1. The van der Waals surface area contributed by atoms with Crippen molar-refractivity contribution >= 4 is 29.0 Å². The first-order valence-electron chi connectivity index (χ1n) is 9.49. The number of hydrogen-bond acceptors (Lipinski definition) is 7. The number of ether oxygens (including phenoxy) is 1. The first kappa shape index (κ1) is 22.6. The number of nitrogens with zero attached hydrogens (tertiary/aromatic N) is 3. The Labute approximate surface area is 187 Å². The van der Waals surface area contributed by atoms with E-state index in [1.165, 1.54) is 42.5 Å². The molecule has 10 nitrogen and oxygen atoms in total. The monoisotopic (exact) mass is 444 g/mol. The van der Waals surface area contributed by atoms with E-state index in [0.29, 0.717) is 16.9 Å². The lowest BCUT2D eigenvalue weighted by Gasteiger charge is -2.07. The van der Waals surface area contributed by atoms with Gasteiger partial charge in [0.25, 0.3) is 17.3 Å². The van der Waals surface area contributed by atoms with Crippen LogP contribution in [0, 0.1) is 31.6 Å². The smallest absolute Gasteiger partial charge is 0.271 e. The van der Waals surface area contributed by atoms with Crippen LogP contribution < -0.4 is 10.1 Å². The Morgan fingerprint density at radius 1 is 0.970 bits per heavy atom. The summed E-state index contributed by atoms with van der Waals surface area (Å²) < 4.78 is 5.63. The normalized spacial score (nSPS) is 10.7. The van der Waals surface area contributed by atoms with Gasteiger partial charge in [-0.1, -0.05) is 30.3 Å². The minimum absolute atomic E-state index is 0.0241. The summed E-state index contributed by atoms with van der Waals surface area (Å²) in [5.41, 5.74) is 0.994. The summed E-state index contributed by atoms with van der Waals surface area (Å²) in [5.74, 6) is -0.206. The minimum atomic E-state index is -0.705. The third-order valence-corrected chi connectivity index (χ3v) is 4.40. The molecule has 0 radical (unpaired) electrons. The van der Waals surface area contributed by atoms with E-state index < -0.39 is 15.8 Å². The summed E-state index contributed by atoms with van der Waals surface area (Å²) in [4.78, 5) is 33.0.